The molecule has 0 radical (unpaired) electrons. The van der Waals surface area contributed by atoms with Gasteiger partial charge in [-0.3, -0.25) is 4.74 Å². The van der Waals surface area contributed by atoms with Gasteiger partial charge in [0.05, 0.1) is 10.1 Å². The highest BCUT2D eigenvalue weighted by Crippen LogP contribution is 2.71. The van der Waals surface area contributed by atoms with Gasteiger partial charge in [-0.1, -0.05) is 0 Å². The number of rotatable bonds is 15. The summed E-state index contributed by atoms with van der Waals surface area (Å²) in [4.78, 5) is -7.72. The van der Waals surface area contributed by atoms with Gasteiger partial charge < -0.3 is 0 Å². The van der Waals surface area contributed by atoms with Crippen LogP contribution >= 0.6 is 0 Å². The lowest BCUT2D eigenvalue weighted by Crippen LogP contribution is -2.90. The minimum absolute atomic E-state index is 0.465. The van der Waals surface area contributed by atoms with Gasteiger partial charge in [0.2, 0.25) is 0 Å². The summed E-state index contributed by atoms with van der Waals surface area (Å²) < 4.78 is 434. The fourth-order valence-electron chi connectivity index (χ4n) is 3.00. The Kier molecular flexibility index (Phi) is 11.7. The fourth-order valence-corrected chi connectivity index (χ4v) is 3.00. The van der Waals surface area contributed by atoms with Crippen LogP contribution in [0.3, 0.4) is 0 Å². The van der Waals surface area contributed by atoms with E-state index in [4.69, 9.17) is 0 Å². The molecule has 1 unspecified atom stereocenters. The second-order valence-corrected chi connectivity index (χ2v) is 8.61. The molecule has 0 aliphatic carbocycles. The van der Waals surface area contributed by atoms with Gasteiger partial charge in [-0.15, -0.1) is 26.9 Å². The SMILES string of the molecule is FOC(F)(F)C(F)(F)C(F)(F)C(OC(F)(F)C(F)(F)F)(C(F)(F)C(F)(F)C(F)(F)C(F)(F)C(F)(F)C(F)(F)F)C(F)(F)[N+](OF)(OF)C(F)(F)F. The first kappa shape index (κ1) is 48.6. The first-order valence-electron chi connectivity index (χ1n) is 10.1. The number of hydrogen-bond acceptors (Lipinski definition) is 4. The molecule has 0 aliphatic rings. The molecule has 0 saturated carbocycles. The van der Waals surface area contributed by atoms with Crippen LogP contribution < -0.4 is 0 Å². The summed E-state index contributed by atoms with van der Waals surface area (Å²) >= 11 is 0. The van der Waals surface area contributed by atoms with Crippen molar-refractivity contribution in [2.45, 2.75) is 84.0 Å². The van der Waals surface area contributed by atoms with Crippen molar-refractivity contribution in [3.8, 4) is 0 Å². The second kappa shape index (κ2) is 12.3. The van der Waals surface area contributed by atoms with Crippen LogP contribution in [0, 0.1) is 0 Å². The molecule has 37 heteroatoms. The van der Waals surface area contributed by atoms with Crippen LogP contribution in [0.25, 0.3) is 0 Å². The summed E-state index contributed by atoms with van der Waals surface area (Å²) in [6.07, 6.45) is -44.8. The Morgan fingerprint density at radius 3 is 0.863 bits per heavy atom. The van der Waals surface area contributed by atoms with E-state index in [1.807, 2.05) is 0 Å². The molecule has 0 amide bonds. The van der Waals surface area contributed by atoms with Crippen molar-refractivity contribution in [1.29, 1.82) is 0 Å². The number of nitrogens with zero attached hydrogens (tertiary/aromatic N) is 1. The first-order chi connectivity index (χ1) is 21.6. The Hall–Kier alpha value is -2.44. The van der Waals surface area contributed by atoms with Crippen molar-refractivity contribution in [3.63, 3.8) is 0 Å². The summed E-state index contributed by atoms with van der Waals surface area (Å²) in [5.41, 5.74) is -11.1. The summed E-state index contributed by atoms with van der Waals surface area (Å²) in [6.45, 7) is 0. The van der Waals surface area contributed by atoms with Gasteiger partial charge in [0.15, 0.2) is 4.81 Å². The van der Waals surface area contributed by atoms with Crippen molar-refractivity contribution >= 4 is 0 Å². The quantitative estimate of drug-likeness (QED) is 0.0712. The molecule has 0 bridgehead atoms. The molecular weight excluding hydrogens is 854 g/mol. The number of hydroxylamine groups is 4. The maximum atomic E-state index is 15.1. The van der Waals surface area contributed by atoms with Crippen molar-refractivity contribution < 1.29 is 165 Å². The predicted octanol–water partition coefficient (Wildman–Crippen LogP) is 9.96. The maximum absolute atomic E-state index is 15.1. The molecule has 0 aromatic rings. The monoisotopic (exact) mass is 854 g/mol. The lowest BCUT2D eigenvalue weighted by Gasteiger charge is -2.52. The third-order valence-corrected chi connectivity index (χ3v) is 5.61. The molecule has 1 atom stereocenters. The zero-order valence-corrected chi connectivity index (χ0v) is 21.2. The molecule has 5 nitrogen and oxygen atoms in total. The molecular formula is C14F32NO4+. The molecule has 0 heterocycles. The van der Waals surface area contributed by atoms with E-state index < -0.39 is 88.8 Å². The number of halogens is 32. The van der Waals surface area contributed by atoms with Gasteiger partial charge in [0, 0.05) is 9.05 Å². The van der Waals surface area contributed by atoms with Gasteiger partial charge in [-0.2, -0.15) is 105 Å². The first-order valence-corrected chi connectivity index (χ1v) is 10.1. The lowest BCUT2D eigenvalue weighted by atomic mass is 9.75. The molecule has 0 aliphatic heterocycles. The standard InChI is InChI=1S/C14F32NO4/c15-2(16,4(19,20)5(21,22)6(23,24)7(25,26)9(29,30)31)1(48-13(39,40)10(32,33)34,3(17,18)8(27,28)12(37,38)49-44)11(35,36)47(50-45,51-46)14(41,42)43/q+1. The average Bonchev–Trinajstić information content (AvgIpc) is 2.89. The van der Waals surface area contributed by atoms with E-state index in [2.05, 4.69) is 0 Å². The Bertz CT molecular complexity index is 1230. The third-order valence-electron chi connectivity index (χ3n) is 5.61. The Morgan fingerprint density at radius 2 is 0.608 bits per heavy atom. The van der Waals surface area contributed by atoms with Gasteiger partial charge >= 0.3 is 84.0 Å². The van der Waals surface area contributed by atoms with Gasteiger partial charge in [-0.05, 0) is 4.53 Å². The van der Waals surface area contributed by atoms with Gasteiger partial charge in [0.1, 0.15) is 0 Å². The van der Waals surface area contributed by atoms with Gasteiger partial charge in [0.25, 0.3) is 0 Å². The van der Waals surface area contributed by atoms with Gasteiger partial charge in [-0.25, -0.2) is 0 Å². The molecule has 0 spiro atoms. The van der Waals surface area contributed by atoms with E-state index in [9.17, 15) is 123 Å². The van der Waals surface area contributed by atoms with E-state index in [0.29, 0.717) is 19.8 Å². The van der Waals surface area contributed by atoms with Crippen LogP contribution in [0.2, 0.25) is 0 Å². The highest BCUT2D eigenvalue weighted by Gasteiger charge is 3.08. The molecule has 0 aromatic carbocycles. The average molecular weight is 854 g/mol. The zero-order chi connectivity index (χ0) is 42.3. The van der Waals surface area contributed by atoms with Crippen molar-refractivity contribution in [1.82, 2.24) is 0 Å². The van der Waals surface area contributed by atoms with Crippen LogP contribution in [0.4, 0.5) is 141 Å². The van der Waals surface area contributed by atoms with Crippen LogP contribution in [-0.2, 0) is 19.8 Å². The normalized spacial score (nSPS) is 17.9. The van der Waals surface area contributed by atoms with Crippen molar-refractivity contribution in [2.75, 3.05) is 0 Å². The predicted molar refractivity (Wildman–Crippen MR) is 78.3 cm³/mol. The largest absolute Gasteiger partial charge is 0.636 e. The molecule has 0 fully saturated rings. The summed E-state index contributed by atoms with van der Waals surface area (Å²) in [7, 11) is 0. The topological polar surface area (TPSA) is 36.9 Å². The number of ether oxygens (including phenoxy) is 1. The smallest absolute Gasteiger partial charge is 0.281 e. The summed E-state index contributed by atoms with van der Waals surface area (Å²) in [5, 5.41) is 1.01. The van der Waals surface area contributed by atoms with E-state index in [-0.39, 0.29) is 0 Å². The molecule has 51 heavy (non-hydrogen) atoms. The highest BCUT2D eigenvalue weighted by molar-refractivity contribution is 5.24. The molecule has 0 N–H and O–H groups in total. The number of quaternary nitrogens is 1. The number of alkyl halides is 29. The molecule has 0 aromatic heterocycles. The highest BCUT2D eigenvalue weighted by atomic mass is 19.5. The minimum atomic E-state index is -11.1. The van der Waals surface area contributed by atoms with Crippen LogP contribution in [-0.4, -0.2) is 88.8 Å². The Morgan fingerprint density at radius 1 is 0.314 bits per heavy atom. The lowest BCUT2D eigenvalue weighted by molar-refractivity contribution is -1.38. The maximum Gasteiger partial charge on any atom is 0.636 e. The zero-order valence-electron chi connectivity index (χ0n) is 21.2. The third kappa shape index (κ3) is 5.88. The van der Waals surface area contributed by atoms with E-state index in [0.717, 1.165) is 0 Å². The van der Waals surface area contributed by atoms with Crippen molar-refractivity contribution in [3.05, 3.63) is 0 Å². The molecule has 0 rings (SSSR count). The van der Waals surface area contributed by atoms with E-state index >= 15 is 17.6 Å². The molecule has 308 valence electrons. The van der Waals surface area contributed by atoms with E-state index in [1.54, 1.807) is 0 Å². The Balaban J connectivity index is 9.67. The van der Waals surface area contributed by atoms with Crippen LogP contribution in [0.15, 0.2) is 0 Å². The van der Waals surface area contributed by atoms with Crippen LogP contribution in [0.5, 0.6) is 0 Å². The number of hydrogen-bond donors (Lipinski definition) is 0. The minimum Gasteiger partial charge on any atom is -0.281 e. The molecule has 0 saturated heterocycles. The van der Waals surface area contributed by atoms with Crippen LogP contribution in [0.1, 0.15) is 0 Å². The summed E-state index contributed by atoms with van der Waals surface area (Å²) in [6, 6.07) is -10.6. The second-order valence-electron chi connectivity index (χ2n) is 8.61. The van der Waals surface area contributed by atoms with E-state index in [1.165, 1.54) is 0 Å². The Labute approximate surface area is 251 Å². The summed E-state index contributed by atoms with van der Waals surface area (Å²) in [5.74, 6) is -71.7. The fraction of sp³-hybridized carbons (Fsp3) is 1.00. The van der Waals surface area contributed by atoms with Crippen molar-refractivity contribution in [2.24, 2.45) is 0 Å².